The fourth-order valence-electron chi connectivity index (χ4n) is 4.17. The Kier molecular flexibility index (Phi) is 11.2. The van der Waals surface area contributed by atoms with Crippen LogP contribution >= 0.6 is 11.6 Å². The van der Waals surface area contributed by atoms with E-state index in [1.54, 1.807) is 55.5 Å². The summed E-state index contributed by atoms with van der Waals surface area (Å²) in [6.07, 6.45) is 0. The Morgan fingerprint density at radius 1 is 0.905 bits per heavy atom. The van der Waals surface area contributed by atoms with Crippen LogP contribution < -0.4 is 19.1 Å². The molecule has 9 nitrogen and oxygen atoms in total. The number of aryl methyl sites for hydroxylation is 1. The second-order valence-corrected chi connectivity index (χ2v) is 12.6. The molecule has 2 amide bonds. The summed E-state index contributed by atoms with van der Waals surface area (Å²) < 4.78 is 39.8. The number of nitrogens with zero attached hydrogens (tertiary/aromatic N) is 2. The van der Waals surface area contributed by atoms with Crippen LogP contribution in [0.4, 0.5) is 5.69 Å². The Balaban J connectivity index is 2.04. The lowest BCUT2D eigenvalue weighted by molar-refractivity contribution is -0.139. The zero-order valence-corrected chi connectivity index (χ0v) is 26.3. The van der Waals surface area contributed by atoms with Crippen molar-refractivity contribution < 1.29 is 27.5 Å². The van der Waals surface area contributed by atoms with E-state index in [9.17, 15) is 18.0 Å². The van der Waals surface area contributed by atoms with E-state index in [1.165, 1.54) is 37.3 Å². The molecule has 0 aromatic heterocycles. The van der Waals surface area contributed by atoms with E-state index in [4.69, 9.17) is 21.1 Å². The molecule has 0 spiro atoms. The van der Waals surface area contributed by atoms with Gasteiger partial charge in [0.15, 0.2) is 11.5 Å². The average molecular weight is 616 g/mol. The number of hydrogen-bond acceptors (Lipinski definition) is 6. The Morgan fingerprint density at radius 3 is 2.10 bits per heavy atom. The van der Waals surface area contributed by atoms with Gasteiger partial charge in [0, 0.05) is 24.2 Å². The van der Waals surface area contributed by atoms with Crippen molar-refractivity contribution in [2.24, 2.45) is 5.92 Å². The third-order valence-corrected chi connectivity index (χ3v) is 8.68. The van der Waals surface area contributed by atoms with Crippen LogP contribution in [0.5, 0.6) is 11.5 Å². The number of ether oxygens (including phenoxy) is 2. The molecule has 0 radical (unpaired) electrons. The molecule has 0 saturated carbocycles. The molecule has 0 fully saturated rings. The third kappa shape index (κ3) is 8.17. The molecule has 226 valence electrons. The molecule has 3 rings (SSSR count). The highest BCUT2D eigenvalue weighted by Gasteiger charge is 2.33. The van der Waals surface area contributed by atoms with Crippen molar-refractivity contribution in [3.63, 3.8) is 0 Å². The molecule has 0 heterocycles. The number of nitrogens with one attached hydrogen (secondary N) is 1. The third-order valence-electron chi connectivity index (χ3n) is 6.66. The first kappa shape index (κ1) is 32.8. The lowest BCUT2D eigenvalue weighted by atomic mass is 10.1. The molecule has 42 heavy (non-hydrogen) atoms. The van der Waals surface area contributed by atoms with Crippen molar-refractivity contribution >= 4 is 39.1 Å². The van der Waals surface area contributed by atoms with Crippen LogP contribution in [0.15, 0.2) is 71.6 Å². The van der Waals surface area contributed by atoms with Crippen LogP contribution in [0.2, 0.25) is 5.02 Å². The second kappa shape index (κ2) is 14.4. The fourth-order valence-corrected chi connectivity index (χ4v) is 5.72. The van der Waals surface area contributed by atoms with Crippen molar-refractivity contribution in [3.8, 4) is 11.5 Å². The van der Waals surface area contributed by atoms with E-state index < -0.39 is 28.5 Å². The highest BCUT2D eigenvalue weighted by molar-refractivity contribution is 7.92. The molecular formula is C31H38ClN3O6S. The van der Waals surface area contributed by atoms with Gasteiger partial charge in [0.25, 0.3) is 10.0 Å². The number of halogens is 1. The molecule has 0 aliphatic carbocycles. The molecule has 1 N–H and O–H groups in total. The highest BCUT2D eigenvalue weighted by Crippen LogP contribution is 2.32. The summed E-state index contributed by atoms with van der Waals surface area (Å²) in [5, 5.41) is 3.40. The SMILES string of the molecule is COc1ccc(S(=O)(=O)N(CC(=O)N(Cc2ccc(Cl)cc2)C(C)C(=O)NCC(C)C)c2ccc(C)cc2)cc1OC. The van der Waals surface area contributed by atoms with E-state index in [2.05, 4.69) is 5.32 Å². The maximum absolute atomic E-state index is 14.1. The molecule has 0 aliphatic rings. The molecule has 0 saturated heterocycles. The number of carbonyl (C=O) groups excluding carboxylic acids is 2. The van der Waals surface area contributed by atoms with Gasteiger partial charge in [-0.15, -0.1) is 0 Å². The largest absolute Gasteiger partial charge is 0.493 e. The van der Waals surface area contributed by atoms with Crippen molar-refractivity contribution in [2.45, 2.75) is 45.2 Å². The van der Waals surface area contributed by atoms with Crippen LogP contribution in [0.25, 0.3) is 0 Å². The zero-order chi connectivity index (χ0) is 31.0. The monoisotopic (exact) mass is 615 g/mol. The van der Waals surface area contributed by atoms with Gasteiger partial charge in [-0.25, -0.2) is 8.42 Å². The van der Waals surface area contributed by atoms with Gasteiger partial charge in [0.05, 0.1) is 24.8 Å². The Labute approximate surface area is 253 Å². The normalized spacial score (nSPS) is 12.0. The summed E-state index contributed by atoms with van der Waals surface area (Å²) in [6, 6.07) is 17.1. The van der Waals surface area contributed by atoms with Gasteiger partial charge < -0.3 is 19.7 Å². The smallest absolute Gasteiger partial charge is 0.264 e. The predicted octanol–water partition coefficient (Wildman–Crippen LogP) is 5.05. The summed E-state index contributed by atoms with van der Waals surface area (Å²) in [4.78, 5) is 28.4. The van der Waals surface area contributed by atoms with Crippen LogP contribution in [0.3, 0.4) is 0 Å². The minimum absolute atomic E-state index is 0.0738. The van der Waals surface area contributed by atoms with Crippen LogP contribution in [0, 0.1) is 12.8 Å². The summed E-state index contributed by atoms with van der Waals surface area (Å²) in [6.45, 7) is 7.42. The van der Waals surface area contributed by atoms with E-state index >= 15 is 0 Å². The molecule has 3 aromatic rings. The number of amides is 2. The minimum atomic E-state index is -4.27. The van der Waals surface area contributed by atoms with Gasteiger partial charge >= 0.3 is 0 Å². The average Bonchev–Trinajstić information content (AvgIpc) is 2.97. The number of carbonyl (C=O) groups is 2. The minimum Gasteiger partial charge on any atom is -0.493 e. The Morgan fingerprint density at radius 2 is 1.52 bits per heavy atom. The molecule has 0 aliphatic heterocycles. The first-order valence-corrected chi connectivity index (χ1v) is 15.3. The van der Waals surface area contributed by atoms with Gasteiger partial charge in [0.2, 0.25) is 11.8 Å². The molecule has 3 aromatic carbocycles. The number of sulfonamides is 1. The standard InChI is InChI=1S/C31H38ClN3O6S/c1-21(2)18-33-31(37)23(4)34(19-24-9-11-25(32)12-10-24)30(36)20-35(26-13-7-22(3)8-14-26)42(38,39)27-15-16-28(40-5)29(17-27)41-6/h7-17,21,23H,18-20H2,1-6H3,(H,33,37). The number of anilines is 1. The Hall–Kier alpha value is -3.76. The summed E-state index contributed by atoms with van der Waals surface area (Å²) in [7, 11) is -1.40. The van der Waals surface area contributed by atoms with Crippen LogP contribution in [0.1, 0.15) is 31.9 Å². The molecular weight excluding hydrogens is 578 g/mol. The Bertz CT molecular complexity index is 1480. The maximum atomic E-state index is 14.1. The van der Waals surface area contributed by atoms with Gasteiger partial charge in [-0.2, -0.15) is 0 Å². The summed E-state index contributed by atoms with van der Waals surface area (Å²) in [5.74, 6) is -0.0824. The van der Waals surface area contributed by atoms with Gasteiger partial charge in [-0.3, -0.25) is 13.9 Å². The van der Waals surface area contributed by atoms with Crippen molar-refractivity contribution in [2.75, 3.05) is 31.6 Å². The lowest BCUT2D eigenvalue weighted by Gasteiger charge is -2.32. The van der Waals surface area contributed by atoms with Crippen molar-refractivity contribution in [1.82, 2.24) is 10.2 Å². The van der Waals surface area contributed by atoms with Crippen molar-refractivity contribution in [1.29, 1.82) is 0 Å². The number of rotatable bonds is 13. The predicted molar refractivity (Wildman–Crippen MR) is 165 cm³/mol. The first-order valence-electron chi connectivity index (χ1n) is 13.5. The van der Waals surface area contributed by atoms with Crippen LogP contribution in [-0.4, -0.2) is 58.5 Å². The zero-order valence-electron chi connectivity index (χ0n) is 24.8. The van der Waals surface area contributed by atoms with E-state index in [0.717, 1.165) is 15.4 Å². The summed E-state index contributed by atoms with van der Waals surface area (Å²) in [5.41, 5.74) is 1.96. The van der Waals surface area contributed by atoms with E-state index in [1.807, 2.05) is 20.8 Å². The van der Waals surface area contributed by atoms with Crippen molar-refractivity contribution in [3.05, 3.63) is 82.9 Å². The molecule has 11 heteroatoms. The maximum Gasteiger partial charge on any atom is 0.264 e. The lowest BCUT2D eigenvalue weighted by Crippen LogP contribution is -2.51. The second-order valence-electron chi connectivity index (χ2n) is 10.3. The van der Waals surface area contributed by atoms with Gasteiger partial charge in [-0.1, -0.05) is 55.3 Å². The quantitative estimate of drug-likeness (QED) is 0.289. The first-order chi connectivity index (χ1) is 19.9. The van der Waals surface area contributed by atoms with Gasteiger partial charge in [-0.05, 0) is 61.7 Å². The molecule has 1 unspecified atom stereocenters. The topological polar surface area (TPSA) is 105 Å². The molecule has 0 bridgehead atoms. The van der Waals surface area contributed by atoms with Gasteiger partial charge in [0.1, 0.15) is 12.6 Å². The van der Waals surface area contributed by atoms with E-state index in [0.29, 0.717) is 23.0 Å². The number of hydrogen-bond donors (Lipinski definition) is 1. The number of methoxy groups -OCH3 is 2. The highest BCUT2D eigenvalue weighted by atomic mass is 35.5. The molecule has 1 atom stereocenters. The fraction of sp³-hybridized carbons (Fsp3) is 0.355. The summed E-state index contributed by atoms with van der Waals surface area (Å²) >= 11 is 6.06. The van der Waals surface area contributed by atoms with Crippen LogP contribution in [-0.2, 0) is 26.2 Å². The number of benzene rings is 3. The van der Waals surface area contributed by atoms with E-state index in [-0.39, 0.29) is 29.0 Å².